The molecule has 1 aromatic carbocycles. The van der Waals surface area contributed by atoms with Crippen molar-refractivity contribution in [3.63, 3.8) is 0 Å². The van der Waals surface area contributed by atoms with Gasteiger partial charge >= 0.3 is 0 Å². The highest BCUT2D eigenvalue weighted by molar-refractivity contribution is 6.36. The van der Waals surface area contributed by atoms with E-state index in [-0.39, 0.29) is 11.3 Å². The highest BCUT2D eigenvalue weighted by atomic mass is 35.5. The van der Waals surface area contributed by atoms with Crippen molar-refractivity contribution in [2.75, 3.05) is 5.32 Å². The molecular formula is C17H19Cl2NO. The quantitative estimate of drug-likeness (QED) is 0.801. The van der Waals surface area contributed by atoms with E-state index in [0.29, 0.717) is 21.7 Å². The topological polar surface area (TPSA) is 29.1 Å². The molecule has 1 amide bonds. The third kappa shape index (κ3) is 2.10. The van der Waals surface area contributed by atoms with Crippen LogP contribution >= 0.6 is 23.2 Å². The minimum Gasteiger partial charge on any atom is -0.324 e. The summed E-state index contributed by atoms with van der Waals surface area (Å²) < 4.78 is 0. The molecule has 1 aromatic rings. The van der Waals surface area contributed by atoms with Gasteiger partial charge in [0.25, 0.3) is 0 Å². The summed E-state index contributed by atoms with van der Waals surface area (Å²) in [6.45, 7) is 0. The van der Waals surface area contributed by atoms with Crippen molar-refractivity contribution in [2.45, 2.75) is 38.5 Å². The fourth-order valence-corrected chi connectivity index (χ4v) is 5.56. The summed E-state index contributed by atoms with van der Waals surface area (Å²) in [6, 6.07) is 5.25. The Morgan fingerprint density at radius 3 is 2.81 bits per heavy atom. The summed E-state index contributed by atoms with van der Waals surface area (Å²) in [6.07, 6.45) is 7.15. The van der Waals surface area contributed by atoms with Gasteiger partial charge in [0, 0.05) is 5.02 Å². The number of anilines is 1. The van der Waals surface area contributed by atoms with Gasteiger partial charge in [0.1, 0.15) is 0 Å². The molecule has 112 valence electrons. The van der Waals surface area contributed by atoms with Gasteiger partial charge in [-0.05, 0) is 74.5 Å². The molecule has 2 nitrogen and oxygen atoms in total. The van der Waals surface area contributed by atoms with Gasteiger partial charge in [-0.15, -0.1) is 0 Å². The Morgan fingerprint density at radius 1 is 1.19 bits per heavy atom. The Labute approximate surface area is 135 Å². The second kappa shape index (κ2) is 4.89. The van der Waals surface area contributed by atoms with Crippen LogP contribution in [0, 0.1) is 23.2 Å². The van der Waals surface area contributed by atoms with Gasteiger partial charge in [-0.2, -0.15) is 0 Å². The smallest absolute Gasteiger partial charge is 0.230 e. The highest BCUT2D eigenvalue weighted by Crippen LogP contribution is 2.63. The lowest BCUT2D eigenvalue weighted by molar-refractivity contribution is -0.129. The van der Waals surface area contributed by atoms with Crippen molar-refractivity contribution >= 4 is 34.8 Å². The lowest BCUT2D eigenvalue weighted by Crippen LogP contribution is -2.41. The maximum atomic E-state index is 13.0. The Kier molecular flexibility index (Phi) is 3.24. The van der Waals surface area contributed by atoms with Crippen LogP contribution in [-0.2, 0) is 4.79 Å². The van der Waals surface area contributed by atoms with E-state index in [9.17, 15) is 4.79 Å². The van der Waals surface area contributed by atoms with Crippen molar-refractivity contribution in [1.82, 2.24) is 0 Å². The Hall–Kier alpha value is -0.730. The van der Waals surface area contributed by atoms with Gasteiger partial charge in [-0.1, -0.05) is 23.2 Å². The third-order valence-electron chi connectivity index (χ3n) is 6.09. The van der Waals surface area contributed by atoms with Gasteiger partial charge < -0.3 is 5.32 Å². The molecule has 4 atom stereocenters. The van der Waals surface area contributed by atoms with Gasteiger partial charge in [0.2, 0.25) is 5.91 Å². The first kappa shape index (κ1) is 13.9. The number of halogens is 2. The van der Waals surface area contributed by atoms with Crippen LogP contribution in [0.1, 0.15) is 38.5 Å². The fourth-order valence-electron chi connectivity index (χ4n) is 5.11. The van der Waals surface area contributed by atoms with Crippen molar-refractivity contribution in [3.8, 4) is 0 Å². The predicted molar refractivity (Wildman–Crippen MR) is 85.7 cm³/mol. The molecule has 3 fully saturated rings. The molecular weight excluding hydrogens is 305 g/mol. The number of amides is 1. The van der Waals surface area contributed by atoms with Gasteiger partial charge in [0.15, 0.2) is 0 Å². The maximum absolute atomic E-state index is 13.0. The molecule has 21 heavy (non-hydrogen) atoms. The van der Waals surface area contributed by atoms with Gasteiger partial charge in [-0.25, -0.2) is 0 Å². The zero-order valence-corrected chi connectivity index (χ0v) is 13.4. The number of nitrogens with one attached hydrogen (secondary N) is 1. The normalized spacial score (nSPS) is 36.8. The second-order valence-corrected chi connectivity index (χ2v) is 7.86. The van der Waals surface area contributed by atoms with Crippen LogP contribution < -0.4 is 5.32 Å². The summed E-state index contributed by atoms with van der Waals surface area (Å²) in [5.41, 5.74) is 0.546. The molecule has 3 aliphatic carbocycles. The molecule has 0 aliphatic heterocycles. The third-order valence-corrected chi connectivity index (χ3v) is 6.64. The first-order valence-electron chi connectivity index (χ1n) is 7.85. The van der Waals surface area contributed by atoms with E-state index in [4.69, 9.17) is 23.2 Å². The minimum absolute atomic E-state index is 0.138. The number of fused-ring (bicyclic) bond motifs is 1. The molecule has 0 saturated heterocycles. The standard InChI is InChI=1S/C17H19Cl2NO/c18-12-1-2-15(14(19)9-12)20-16(21)17-5-3-10-7-11(4-6-17)13(17)8-10/h1-2,9-11,13H,3-8H2,(H,20,21)/t10-,11-,13-,17+/m0/s1. The zero-order valence-electron chi connectivity index (χ0n) is 11.9. The SMILES string of the molecule is O=C(Nc1ccc(Cl)cc1Cl)[C@]12CC[C@H]3C[C@H](CC1)[C@@H]2C3. The van der Waals surface area contributed by atoms with Crippen LogP contribution in [0.2, 0.25) is 10.0 Å². The van der Waals surface area contributed by atoms with E-state index in [1.807, 2.05) is 0 Å². The van der Waals surface area contributed by atoms with Crippen LogP contribution in [0.4, 0.5) is 5.69 Å². The van der Waals surface area contributed by atoms with E-state index in [2.05, 4.69) is 5.32 Å². The van der Waals surface area contributed by atoms with E-state index in [1.165, 1.54) is 25.7 Å². The molecule has 0 unspecified atom stereocenters. The van der Waals surface area contributed by atoms with Crippen LogP contribution in [0.25, 0.3) is 0 Å². The molecule has 0 spiro atoms. The molecule has 4 rings (SSSR count). The largest absolute Gasteiger partial charge is 0.324 e. The van der Waals surface area contributed by atoms with E-state index in [0.717, 1.165) is 24.7 Å². The van der Waals surface area contributed by atoms with Crippen molar-refractivity contribution in [2.24, 2.45) is 23.2 Å². The van der Waals surface area contributed by atoms with Crippen molar-refractivity contribution in [1.29, 1.82) is 0 Å². The van der Waals surface area contributed by atoms with Crippen molar-refractivity contribution in [3.05, 3.63) is 28.2 Å². The van der Waals surface area contributed by atoms with Gasteiger partial charge in [-0.3, -0.25) is 4.79 Å². The number of hydrogen-bond donors (Lipinski definition) is 1. The summed E-state index contributed by atoms with van der Waals surface area (Å²) in [4.78, 5) is 13.0. The number of rotatable bonds is 2. The molecule has 0 heterocycles. The van der Waals surface area contributed by atoms with Gasteiger partial charge in [0.05, 0.1) is 16.1 Å². The van der Waals surface area contributed by atoms with E-state index < -0.39 is 0 Å². The monoisotopic (exact) mass is 323 g/mol. The number of benzene rings is 1. The molecule has 0 radical (unpaired) electrons. The molecule has 3 saturated carbocycles. The Balaban J connectivity index is 1.60. The number of carbonyl (C=O) groups excluding carboxylic acids is 1. The summed E-state index contributed by atoms with van der Waals surface area (Å²) in [5, 5.41) is 4.19. The molecule has 0 aromatic heterocycles. The van der Waals surface area contributed by atoms with E-state index in [1.54, 1.807) is 18.2 Å². The van der Waals surface area contributed by atoms with Crippen LogP contribution in [-0.4, -0.2) is 5.91 Å². The molecule has 1 N–H and O–H groups in total. The summed E-state index contributed by atoms with van der Waals surface area (Å²) in [7, 11) is 0. The molecule has 2 bridgehead atoms. The van der Waals surface area contributed by atoms with Crippen LogP contribution in [0.15, 0.2) is 18.2 Å². The Morgan fingerprint density at radius 2 is 2.00 bits per heavy atom. The second-order valence-electron chi connectivity index (χ2n) is 7.02. The summed E-state index contributed by atoms with van der Waals surface area (Å²) in [5.74, 6) is 2.44. The van der Waals surface area contributed by atoms with Crippen molar-refractivity contribution < 1.29 is 4.79 Å². The number of hydrogen-bond acceptors (Lipinski definition) is 1. The zero-order chi connectivity index (χ0) is 14.6. The molecule has 4 heteroatoms. The highest BCUT2D eigenvalue weighted by Gasteiger charge is 2.59. The first-order valence-corrected chi connectivity index (χ1v) is 8.60. The first-order chi connectivity index (χ1) is 10.1. The van der Waals surface area contributed by atoms with Crippen LogP contribution in [0.3, 0.4) is 0 Å². The fraction of sp³-hybridized carbons (Fsp3) is 0.588. The lowest BCUT2D eigenvalue weighted by atomic mass is 9.67. The molecule has 3 aliphatic rings. The average Bonchev–Trinajstić information content (AvgIpc) is 2.96. The van der Waals surface area contributed by atoms with Crippen LogP contribution in [0.5, 0.6) is 0 Å². The maximum Gasteiger partial charge on any atom is 0.230 e. The average molecular weight is 324 g/mol. The summed E-state index contributed by atoms with van der Waals surface area (Å²) >= 11 is 12.1. The predicted octanol–water partition coefficient (Wildman–Crippen LogP) is 5.15. The lowest BCUT2D eigenvalue weighted by Gasteiger charge is -2.38. The Bertz CT molecular complexity index is 602. The van der Waals surface area contributed by atoms with E-state index >= 15 is 0 Å². The number of carbonyl (C=O) groups is 1. The minimum atomic E-state index is -0.138.